The molecule has 0 aliphatic carbocycles. The molecule has 0 aromatic heterocycles. The zero-order valence-electron chi connectivity index (χ0n) is 16.3. The molecule has 2 amide bonds. The van der Waals surface area contributed by atoms with Crippen molar-refractivity contribution in [1.29, 1.82) is 0 Å². The minimum atomic E-state index is -0.725. The average molecular weight is 402 g/mol. The van der Waals surface area contributed by atoms with Crippen LogP contribution in [0.5, 0.6) is 5.75 Å². The number of nitrogens with zero attached hydrogens (tertiary/aromatic N) is 1. The predicted octanol–water partition coefficient (Wildman–Crippen LogP) is 3.56. The lowest BCUT2D eigenvalue weighted by Crippen LogP contribution is -2.48. The van der Waals surface area contributed by atoms with Crippen LogP contribution in [0.15, 0.2) is 47.6 Å². The van der Waals surface area contributed by atoms with Crippen molar-refractivity contribution in [3.8, 4) is 5.75 Å². The number of hydrogen-bond acceptors (Lipinski definition) is 4. The summed E-state index contributed by atoms with van der Waals surface area (Å²) in [5, 5.41) is 7.30. The van der Waals surface area contributed by atoms with E-state index in [-0.39, 0.29) is 17.7 Å². The fraction of sp³-hybridized carbons (Fsp3) is 0.286. The summed E-state index contributed by atoms with van der Waals surface area (Å²) in [5.74, 6) is -0.0992. The highest BCUT2D eigenvalue weighted by atomic mass is 35.5. The van der Waals surface area contributed by atoms with Gasteiger partial charge in [-0.25, -0.2) is 5.43 Å². The van der Waals surface area contributed by atoms with Crippen LogP contribution in [0.4, 0.5) is 0 Å². The largest absolute Gasteiger partial charge is 0.497 e. The zero-order valence-corrected chi connectivity index (χ0v) is 17.1. The highest BCUT2D eigenvalue weighted by molar-refractivity contribution is 6.30. The molecule has 2 rings (SSSR count). The minimum Gasteiger partial charge on any atom is -0.497 e. The Kier molecular flexibility index (Phi) is 7.58. The monoisotopic (exact) mass is 401 g/mol. The number of amides is 2. The molecule has 1 unspecified atom stereocenters. The van der Waals surface area contributed by atoms with Crippen LogP contribution in [-0.2, 0) is 4.79 Å². The van der Waals surface area contributed by atoms with Crippen molar-refractivity contribution in [1.82, 2.24) is 10.7 Å². The van der Waals surface area contributed by atoms with Gasteiger partial charge < -0.3 is 10.1 Å². The van der Waals surface area contributed by atoms with E-state index in [0.29, 0.717) is 10.6 Å². The standard InChI is InChI=1S/C21H24ClN3O3/c1-13(2)19(24-20(26)15-5-8-17(22)9-6-15)21(27)25-23-12-16-7-10-18(28-4)11-14(16)3/h5-13,19H,1-4H3,(H,24,26)(H,25,27). The maximum atomic E-state index is 12.5. The van der Waals surface area contributed by atoms with Gasteiger partial charge in [0.25, 0.3) is 11.8 Å². The lowest BCUT2D eigenvalue weighted by Gasteiger charge is -2.20. The SMILES string of the molecule is COc1ccc(C=NNC(=O)C(NC(=O)c2ccc(Cl)cc2)C(C)C)c(C)c1. The Bertz CT molecular complexity index is 864. The number of hydrazone groups is 1. The number of carbonyl (C=O) groups excluding carboxylic acids is 2. The first-order valence-corrected chi connectivity index (χ1v) is 9.23. The second kappa shape index (κ2) is 9.90. The molecule has 2 N–H and O–H groups in total. The molecule has 7 heteroatoms. The molecule has 1 atom stereocenters. The molecule has 0 fully saturated rings. The van der Waals surface area contributed by atoms with Gasteiger partial charge in [0.05, 0.1) is 13.3 Å². The van der Waals surface area contributed by atoms with Crippen LogP contribution in [0.2, 0.25) is 5.02 Å². The summed E-state index contributed by atoms with van der Waals surface area (Å²) in [6.45, 7) is 5.63. The van der Waals surface area contributed by atoms with Gasteiger partial charge in [-0.15, -0.1) is 0 Å². The van der Waals surface area contributed by atoms with Crippen molar-refractivity contribution >= 4 is 29.6 Å². The summed E-state index contributed by atoms with van der Waals surface area (Å²) >= 11 is 5.84. The molecular formula is C21H24ClN3O3. The van der Waals surface area contributed by atoms with Gasteiger partial charge in [-0.3, -0.25) is 9.59 Å². The maximum absolute atomic E-state index is 12.5. The molecule has 0 bridgehead atoms. The van der Waals surface area contributed by atoms with Crippen LogP contribution in [-0.4, -0.2) is 31.2 Å². The quantitative estimate of drug-likeness (QED) is 0.550. The van der Waals surface area contributed by atoms with E-state index in [1.165, 1.54) is 0 Å². The number of halogens is 1. The van der Waals surface area contributed by atoms with E-state index in [1.54, 1.807) is 37.6 Å². The Labute approximate surface area is 169 Å². The van der Waals surface area contributed by atoms with Crippen molar-refractivity contribution in [3.63, 3.8) is 0 Å². The van der Waals surface area contributed by atoms with E-state index in [1.807, 2.05) is 39.0 Å². The summed E-state index contributed by atoms with van der Waals surface area (Å²) in [5.41, 5.74) is 4.75. The fourth-order valence-electron chi connectivity index (χ4n) is 2.52. The number of ether oxygens (including phenoxy) is 1. The van der Waals surface area contributed by atoms with Gasteiger partial charge in [-0.2, -0.15) is 5.10 Å². The topological polar surface area (TPSA) is 79.8 Å². The van der Waals surface area contributed by atoms with Crippen LogP contribution >= 0.6 is 11.6 Å². The van der Waals surface area contributed by atoms with E-state index in [9.17, 15) is 9.59 Å². The number of nitrogens with one attached hydrogen (secondary N) is 2. The first-order valence-electron chi connectivity index (χ1n) is 8.85. The molecule has 6 nitrogen and oxygen atoms in total. The molecule has 0 aliphatic heterocycles. The Morgan fingerprint density at radius 3 is 2.39 bits per heavy atom. The molecule has 2 aromatic carbocycles. The van der Waals surface area contributed by atoms with Crippen molar-refractivity contribution in [2.75, 3.05) is 7.11 Å². The predicted molar refractivity (Wildman–Crippen MR) is 111 cm³/mol. The summed E-state index contributed by atoms with van der Waals surface area (Å²) in [4.78, 5) is 24.9. The van der Waals surface area contributed by atoms with Gasteiger partial charge in [0.15, 0.2) is 0 Å². The van der Waals surface area contributed by atoms with Crippen LogP contribution < -0.4 is 15.5 Å². The van der Waals surface area contributed by atoms with Crippen molar-refractivity contribution in [2.45, 2.75) is 26.8 Å². The van der Waals surface area contributed by atoms with Crippen LogP contribution in [0.25, 0.3) is 0 Å². The first kappa shape index (κ1) is 21.4. The van der Waals surface area contributed by atoms with Crippen LogP contribution in [0.1, 0.15) is 35.3 Å². The minimum absolute atomic E-state index is 0.117. The Hall–Kier alpha value is -2.86. The Morgan fingerprint density at radius 2 is 1.82 bits per heavy atom. The number of methoxy groups -OCH3 is 1. The van der Waals surface area contributed by atoms with E-state index in [2.05, 4.69) is 15.8 Å². The fourth-order valence-corrected chi connectivity index (χ4v) is 2.64. The van der Waals surface area contributed by atoms with E-state index < -0.39 is 6.04 Å². The molecule has 28 heavy (non-hydrogen) atoms. The Morgan fingerprint density at radius 1 is 1.14 bits per heavy atom. The number of rotatable bonds is 7. The molecule has 0 saturated carbocycles. The molecule has 0 aliphatic rings. The van der Waals surface area contributed by atoms with E-state index >= 15 is 0 Å². The van der Waals surface area contributed by atoms with Gasteiger partial charge in [0, 0.05) is 10.6 Å². The molecule has 0 spiro atoms. The van der Waals surface area contributed by atoms with Crippen molar-refractivity contribution < 1.29 is 14.3 Å². The van der Waals surface area contributed by atoms with Gasteiger partial charge in [-0.1, -0.05) is 25.4 Å². The summed E-state index contributed by atoms with van der Waals surface area (Å²) in [6, 6.07) is 11.3. The van der Waals surface area contributed by atoms with E-state index in [4.69, 9.17) is 16.3 Å². The molecule has 0 radical (unpaired) electrons. The number of hydrogen-bond donors (Lipinski definition) is 2. The molecule has 0 saturated heterocycles. The third-order valence-electron chi connectivity index (χ3n) is 4.20. The second-order valence-electron chi connectivity index (χ2n) is 6.66. The maximum Gasteiger partial charge on any atom is 0.262 e. The van der Waals surface area contributed by atoms with E-state index in [0.717, 1.165) is 16.9 Å². The van der Waals surface area contributed by atoms with Gasteiger partial charge in [0.2, 0.25) is 0 Å². The van der Waals surface area contributed by atoms with Gasteiger partial charge >= 0.3 is 0 Å². The second-order valence-corrected chi connectivity index (χ2v) is 7.10. The number of aryl methyl sites for hydroxylation is 1. The lowest BCUT2D eigenvalue weighted by molar-refractivity contribution is -0.123. The average Bonchev–Trinajstić information content (AvgIpc) is 2.67. The Balaban J connectivity index is 2.02. The van der Waals surface area contributed by atoms with Crippen LogP contribution in [0, 0.1) is 12.8 Å². The zero-order chi connectivity index (χ0) is 20.7. The summed E-state index contributed by atoms with van der Waals surface area (Å²) in [7, 11) is 1.60. The third kappa shape index (κ3) is 5.82. The van der Waals surface area contributed by atoms with Gasteiger partial charge in [-0.05, 0) is 66.4 Å². The number of carbonyl (C=O) groups is 2. The summed E-state index contributed by atoms with van der Waals surface area (Å²) < 4.78 is 5.17. The van der Waals surface area contributed by atoms with Crippen molar-refractivity contribution in [3.05, 3.63) is 64.2 Å². The number of benzene rings is 2. The third-order valence-corrected chi connectivity index (χ3v) is 4.45. The lowest BCUT2D eigenvalue weighted by atomic mass is 10.0. The van der Waals surface area contributed by atoms with Gasteiger partial charge in [0.1, 0.15) is 11.8 Å². The molecule has 2 aromatic rings. The smallest absolute Gasteiger partial charge is 0.262 e. The highest BCUT2D eigenvalue weighted by Gasteiger charge is 2.24. The molecule has 0 heterocycles. The summed E-state index contributed by atoms with van der Waals surface area (Å²) in [6.07, 6.45) is 1.56. The molecule has 148 valence electrons. The normalized spacial score (nSPS) is 12.1. The molecular weight excluding hydrogens is 378 g/mol. The highest BCUT2D eigenvalue weighted by Crippen LogP contribution is 2.15. The van der Waals surface area contributed by atoms with Crippen molar-refractivity contribution in [2.24, 2.45) is 11.0 Å². The first-order chi connectivity index (χ1) is 13.3. The van der Waals surface area contributed by atoms with Crippen LogP contribution in [0.3, 0.4) is 0 Å².